The largest absolute Gasteiger partial charge is 0.341 e. The van der Waals surface area contributed by atoms with Crippen molar-refractivity contribution in [2.75, 3.05) is 25.4 Å². The Morgan fingerprint density at radius 1 is 1.50 bits per heavy atom. The molecular formula is C7H15N3O3S. The van der Waals surface area contributed by atoms with E-state index in [4.69, 9.17) is 10.9 Å². The van der Waals surface area contributed by atoms with Crippen LogP contribution in [0.3, 0.4) is 0 Å². The lowest BCUT2D eigenvalue weighted by atomic mass is 10.1. The van der Waals surface area contributed by atoms with E-state index >= 15 is 0 Å². The Kier molecular flexibility index (Phi) is 3.46. The average Bonchev–Trinajstić information content (AvgIpc) is 2.28. The number of amides is 1. The maximum Gasteiger partial charge on any atom is 0.223 e. The van der Waals surface area contributed by atoms with Gasteiger partial charge in [-0.25, -0.2) is 13.6 Å². The van der Waals surface area contributed by atoms with Crippen molar-refractivity contribution < 1.29 is 13.2 Å². The molecule has 0 spiro atoms. The van der Waals surface area contributed by atoms with E-state index < -0.39 is 10.0 Å². The third-order valence-corrected chi connectivity index (χ3v) is 3.10. The number of hydrogen-bond acceptors (Lipinski definition) is 4. The van der Waals surface area contributed by atoms with Crippen molar-refractivity contribution in [2.24, 2.45) is 16.8 Å². The van der Waals surface area contributed by atoms with Crippen LogP contribution in [0, 0.1) is 5.92 Å². The second-order valence-corrected chi connectivity index (χ2v) is 5.19. The van der Waals surface area contributed by atoms with Crippen molar-refractivity contribution in [1.29, 1.82) is 0 Å². The summed E-state index contributed by atoms with van der Waals surface area (Å²) in [5.41, 5.74) is 5.31. The molecule has 1 aliphatic heterocycles. The Labute approximate surface area is 83.3 Å². The van der Waals surface area contributed by atoms with Crippen molar-refractivity contribution in [3.8, 4) is 0 Å². The molecule has 1 saturated heterocycles. The first kappa shape index (κ1) is 11.4. The topological polar surface area (TPSA) is 106 Å². The van der Waals surface area contributed by atoms with E-state index in [2.05, 4.69) is 0 Å². The Balaban J connectivity index is 2.51. The van der Waals surface area contributed by atoms with Crippen molar-refractivity contribution >= 4 is 15.9 Å². The minimum atomic E-state index is -3.48. The zero-order valence-corrected chi connectivity index (χ0v) is 8.66. The maximum absolute atomic E-state index is 11.3. The summed E-state index contributed by atoms with van der Waals surface area (Å²) in [4.78, 5) is 12.9. The number of likely N-dealkylation sites (tertiary alicyclic amines) is 1. The summed E-state index contributed by atoms with van der Waals surface area (Å²) in [5, 5.41) is 4.90. The summed E-state index contributed by atoms with van der Waals surface area (Å²) in [5.74, 6) is -0.340. The molecule has 0 radical (unpaired) electrons. The number of sulfonamides is 1. The highest BCUT2D eigenvalue weighted by atomic mass is 32.2. The SMILES string of the molecule is NCCN1CC(CS(N)(=O)=O)CC1=O. The van der Waals surface area contributed by atoms with Gasteiger partial charge in [0.1, 0.15) is 0 Å². The van der Waals surface area contributed by atoms with E-state index in [9.17, 15) is 13.2 Å². The lowest BCUT2D eigenvalue weighted by Gasteiger charge is -2.14. The average molecular weight is 221 g/mol. The second-order valence-electron chi connectivity index (χ2n) is 3.53. The summed E-state index contributed by atoms with van der Waals surface area (Å²) >= 11 is 0. The summed E-state index contributed by atoms with van der Waals surface area (Å²) < 4.78 is 21.6. The van der Waals surface area contributed by atoms with Gasteiger partial charge in [-0.3, -0.25) is 4.79 Å². The third-order valence-electron chi connectivity index (χ3n) is 2.16. The molecule has 0 aromatic heterocycles. The fourth-order valence-electron chi connectivity index (χ4n) is 1.67. The molecule has 1 amide bonds. The van der Waals surface area contributed by atoms with E-state index in [0.717, 1.165) is 0 Å². The zero-order valence-electron chi connectivity index (χ0n) is 7.85. The van der Waals surface area contributed by atoms with Gasteiger partial charge in [0.15, 0.2) is 0 Å². The number of primary sulfonamides is 1. The van der Waals surface area contributed by atoms with Gasteiger partial charge in [-0.05, 0) is 0 Å². The predicted molar refractivity (Wildman–Crippen MR) is 51.7 cm³/mol. The van der Waals surface area contributed by atoms with Gasteiger partial charge in [-0.2, -0.15) is 0 Å². The standard InChI is InChI=1S/C7H15N3O3S/c8-1-2-10-4-6(3-7(10)11)5-14(9,12)13/h6H,1-5,8H2,(H2,9,12,13). The van der Waals surface area contributed by atoms with E-state index in [0.29, 0.717) is 19.6 Å². The third kappa shape index (κ3) is 3.24. The van der Waals surface area contributed by atoms with Crippen LogP contribution in [-0.2, 0) is 14.8 Å². The van der Waals surface area contributed by atoms with Crippen LogP contribution in [-0.4, -0.2) is 44.6 Å². The first-order valence-electron chi connectivity index (χ1n) is 4.40. The highest BCUT2D eigenvalue weighted by Crippen LogP contribution is 2.17. The smallest absolute Gasteiger partial charge is 0.223 e. The molecule has 1 heterocycles. The molecule has 6 nitrogen and oxygen atoms in total. The molecule has 4 N–H and O–H groups in total. The quantitative estimate of drug-likeness (QED) is 0.577. The molecule has 0 bridgehead atoms. The van der Waals surface area contributed by atoms with Crippen LogP contribution >= 0.6 is 0 Å². The van der Waals surface area contributed by atoms with E-state index in [1.807, 2.05) is 0 Å². The minimum Gasteiger partial charge on any atom is -0.341 e. The minimum absolute atomic E-state index is 0.0379. The molecule has 0 aliphatic carbocycles. The van der Waals surface area contributed by atoms with Gasteiger partial charge < -0.3 is 10.6 Å². The van der Waals surface area contributed by atoms with Gasteiger partial charge in [-0.15, -0.1) is 0 Å². The summed E-state index contributed by atoms with van der Waals surface area (Å²) in [7, 11) is -3.48. The van der Waals surface area contributed by atoms with Gasteiger partial charge in [0.25, 0.3) is 0 Å². The molecular weight excluding hydrogens is 206 g/mol. The molecule has 14 heavy (non-hydrogen) atoms. The van der Waals surface area contributed by atoms with Crippen LogP contribution in [0.4, 0.5) is 0 Å². The van der Waals surface area contributed by atoms with Crippen LogP contribution in [0.25, 0.3) is 0 Å². The lowest BCUT2D eigenvalue weighted by Crippen LogP contribution is -2.31. The highest BCUT2D eigenvalue weighted by Gasteiger charge is 2.31. The monoisotopic (exact) mass is 221 g/mol. The molecule has 1 atom stereocenters. The van der Waals surface area contributed by atoms with Crippen molar-refractivity contribution in [3.63, 3.8) is 0 Å². The first-order valence-corrected chi connectivity index (χ1v) is 6.12. The number of carbonyl (C=O) groups is 1. The summed E-state index contributed by atoms with van der Waals surface area (Å²) in [6.45, 7) is 1.33. The molecule has 1 unspecified atom stereocenters. The molecule has 0 aromatic rings. The fraction of sp³-hybridized carbons (Fsp3) is 0.857. The van der Waals surface area contributed by atoms with Crippen LogP contribution in [0.1, 0.15) is 6.42 Å². The Morgan fingerprint density at radius 3 is 2.64 bits per heavy atom. The fourth-order valence-corrected chi connectivity index (χ4v) is 2.55. The van der Waals surface area contributed by atoms with Gasteiger partial charge in [0.05, 0.1) is 5.75 Å². The zero-order chi connectivity index (χ0) is 10.8. The van der Waals surface area contributed by atoms with Gasteiger partial charge in [0, 0.05) is 32.0 Å². The molecule has 1 fully saturated rings. The molecule has 1 aliphatic rings. The first-order chi connectivity index (χ1) is 6.42. The van der Waals surface area contributed by atoms with Gasteiger partial charge >= 0.3 is 0 Å². The second kappa shape index (κ2) is 4.24. The van der Waals surface area contributed by atoms with Gasteiger partial charge in [-0.1, -0.05) is 0 Å². The van der Waals surface area contributed by atoms with Crippen LogP contribution in [0.5, 0.6) is 0 Å². The Morgan fingerprint density at radius 2 is 2.14 bits per heavy atom. The highest BCUT2D eigenvalue weighted by molar-refractivity contribution is 7.89. The van der Waals surface area contributed by atoms with Crippen LogP contribution in [0.15, 0.2) is 0 Å². The Bertz CT molecular complexity index is 314. The van der Waals surface area contributed by atoms with Crippen LogP contribution < -0.4 is 10.9 Å². The molecule has 1 rings (SSSR count). The molecule has 7 heteroatoms. The number of carbonyl (C=O) groups excluding carboxylic acids is 1. The predicted octanol–water partition coefficient (Wildman–Crippen LogP) is -1.92. The van der Waals surface area contributed by atoms with Crippen LogP contribution in [0.2, 0.25) is 0 Å². The summed E-state index contributed by atoms with van der Waals surface area (Å²) in [6.07, 6.45) is 0.260. The van der Waals surface area contributed by atoms with E-state index in [1.165, 1.54) is 0 Å². The normalized spacial score (nSPS) is 23.1. The van der Waals surface area contributed by atoms with Gasteiger partial charge in [0.2, 0.25) is 15.9 Å². The van der Waals surface area contributed by atoms with E-state index in [-0.39, 0.29) is 24.0 Å². The van der Waals surface area contributed by atoms with Crippen molar-refractivity contribution in [2.45, 2.75) is 6.42 Å². The molecule has 0 aromatic carbocycles. The number of nitrogens with zero attached hydrogens (tertiary/aromatic N) is 1. The maximum atomic E-state index is 11.3. The molecule has 82 valence electrons. The Hall–Kier alpha value is -0.660. The number of nitrogens with two attached hydrogens (primary N) is 2. The lowest BCUT2D eigenvalue weighted by molar-refractivity contribution is -0.127. The van der Waals surface area contributed by atoms with Crippen molar-refractivity contribution in [1.82, 2.24) is 4.90 Å². The van der Waals surface area contributed by atoms with E-state index in [1.54, 1.807) is 4.90 Å². The number of hydrogen-bond donors (Lipinski definition) is 2. The number of rotatable bonds is 4. The van der Waals surface area contributed by atoms with Crippen molar-refractivity contribution in [3.05, 3.63) is 0 Å². The summed E-state index contributed by atoms with van der Waals surface area (Å²) in [6, 6.07) is 0. The molecule has 0 saturated carbocycles.